The normalized spacial score (nSPS) is 13.9. The maximum Gasteiger partial charge on any atom is 0.416 e. The lowest BCUT2D eigenvalue weighted by atomic mass is 10.0. The number of rotatable bonds is 3. The first kappa shape index (κ1) is 13.0. The molecule has 0 radical (unpaired) electrons. The maximum absolute atomic E-state index is 13.3. The molecular formula is C11H12F4O. The lowest BCUT2D eigenvalue weighted by Gasteiger charge is -2.13. The molecule has 0 saturated heterocycles. The van der Waals surface area contributed by atoms with Gasteiger partial charge in [-0.05, 0) is 18.6 Å². The van der Waals surface area contributed by atoms with Crippen LogP contribution >= 0.6 is 0 Å². The Bertz CT molecular complexity index is 359. The van der Waals surface area contributed by atoms with E-state index in [4.69, 9.17) is 0 Å². The first-order valence-corrected chi connectivity index (χ1v) is 4.91. The van der Waals surface area contributed by atoms with Gasteiger partial charge in [0.05, 0.1) is 11.7 Å². The Balaban J connectivity index is 3.00. The summed E-state index contributed by atoms with van der Waals surface area (Å²) >= 11 is 0. The Morgan fingerprint density at radius 3 is 2.38 bits per heavy atom. The van der Waals surface area contributed by atoms with E-state index in [9.17, 15) is 22.7 Å². The SMILES string of the molecule is CCCC(O)c1ccc(C(F)(F)F)cc1F. The number of halogens is 4. The van der Waals surface area contributed by atoms with E-state index in [0.717, 1.165) is 12.1 Å². The van der Waals surface area contributed by atoms with E-state index in [-0.39, 0.29) is 5.56 Å². The van der Waals surface area contributed by atoms with E-state index in [1.165, 1.54) is 0 Å². The Labute approximate surface area is 90.7 Å². The summed E-state index contributed by atoms with van der Waals surface area (Å²) in [4.78, 5) is 0. The minimum absolute atomic E-state index is 0.0881. The molecule has 0 amide bonds. The summed E-state index contributed by atoms with van der Waals surface area (Å²) in [6, 6.07) is 2.17. The molecule has 0 spiro atoms. The van der Waals surface area contributed by atoms with Crippen LogP contribution in [0.4, 0.5) is 17.6 Å². The van der Waals surface area contributed by atoms with Crippen LogP contribution in [0.2, 0.25) is 0 Å². The molecule has 1 aromatic carbocycles. The third kappa shape index (κ3) is 2.95. The largest absolute Gasteiger partial charge is 0.416 e. The highest BCUT2D eigenvalue weighted by molar-refractivity contribution is 5.27. The molecule has 1 rings (SSSR count). The van der Waals surface area contributed by atoms with E-state index < -0.39 is 23.7 Å². The van der Waals surface area contributed by atoms with Gasteiger partial charge in [-0.2, -0.15) is 13.2 Å². The van der Waals surface area contributed by atoms with Crippen molar-refractivity contribution in [2.24, 2.45) is 0 Å². The molecular weight excluding hydrogens is 224 g/mol. The highest BCUT2D eigenvalue weighted by Gasteiger charge is 2.31. The van der Waals surface area contributed by atoms with Crippen molar-refractivity contribution in [3.63, 3.8) is 0 Å². The van der Waals surface area contributed by atoms with Crippen molar-refractivity contribution in [1.82, 2.24) is 0 Å². The fourth-order valence-electron chi connectivity index (χ4n) is 1.40. The zero-order valence-electron chi connectivity index (χ0n) is 8.68. The summed E-state index contributed by atoms with van der Waals surface area (Å²) < 4.78 is 50.0. The first-order valence-electron chi connectivity index (χ1n) is 4.91. The molecule has 90 valence electrons. The summed E-state index contributed by atoms with van der Waals surface area (Å²) in [7, 11) is 0. The van der Waals surface area contributed by atoms with E-state index >= 15 is 0 Å². The topological polar surface area (TPSA) is 20.2 Å². The number of aliphatic hydroxyl groups excluding tert-OH is 1. The summed E-state index contributed by atoms with van der Waals surface area (Å²) in [6.07, 6.45) is -4.66. The number of hydrogen-bond acceptors (Lipinski definition) is 1. The van der Waals surface area contributed by atoms with E-state index in [1.54, 1.807) is 6.92 Å². The third-order valence-corrected chi connectivity index (χ3v) is 2.25. The molecule has 1 aromatic rings. The molecule has 0 heterocycles. The van der Waals surface area contributed by atoms with Gasteiger partial charge in [-0.1, -0.05) is 19.4 Å². The molecule has 5 heteroatoms. The van der Waals surface area contributed by atoms with E-state index in [0.29, 0.717) is 18.9 Å². The van der Waals surface area contributed by atoms with Crippen molar-refractivity contribution in [3.8, 4) is 0 Å². The van der Waals surface area contributed by atoms with Crippen molar-refractivity contribution in [2.75, 3.05) is 0 Å². The lowest BCUT2D eigenvalue weighted by Crippen LogP contribution is -2.08. The van der Waals surface area contributed by atoms with Crippen LogP contribution < -0.4 is 0 Å². The minimum Gasteiger partial charge on any atom is -0.388 e. The van der Waals surface area contributed by atoms with Gasteiger partial charge in [0, 0.05) is 5.56 Å². The summed E-state index contributed by atoms with van der Waals surface area (Å²) in [5.41, 5.74) is -1.13. The summed E-state index contributed by atoms with van der Waals surface area (Å²) in [5, 5.41) is 9.47. The van der Waals surface area contributed by atoms with Crippen LogP contribution in [0.25, 0.3) is 0 Å². The predicted octanol–water partition coefficient (Wildman–Crippen LogP) is 3.68. The van der Waals surface area contributed by atoms with Gasteiger partial charge < -0.3 is 5.11 Å². The average molecular weight is 236 g/mol. The van der Waals surface area contributed by atoms with Gasteiger partial charge in [-0.3, -0.25) is 0 Å². The molecule has 0 aromatic heterocycles. The van der Waals surface area contributed by atoms with Crippen molar-refractivity contribution in [3.05, 3.63) is 35.1 Å². The molecule has 0 aliphatic carbocycles. The Hall–Kier alpha value is -1.10. The molecule has 0 saturated carbocycles. The van der Waals surface area contributed by atoms with Gasteiger partial charge in [0.25, 0.3) is 0 Å². The zero-order chi connectivity index (χ0) is 12.3. The maximum atomic E-state index is 13.3. The molecule has 0 bridgehead atoms. The van der Waals surface area contributed by atoms with Crippen molar-refractivity contribution in [2.45, 2.75) is 32.0 Å². The first-order chi connectivity index (χ1) is 7.36. The molecule has 1 nitrogen and oxygen atoms in total. The van der Waals surface area contributed by atoms with Gasteiger partial charge in [-0.15, -0.1) is 0 Å². The van der Waals surface area contributed by atoms with Crippen molar-refractivity contribution in [1.29, 1.82) is 0 Å². The molecule has 1 N–H and O–H groups in total. The highest BCUT2D eigenvalue weighted by atomic mass is 19.4. The Kier molecular flexibility index (Phi) is 3.91. The number of aliphatic hydroxyl groups is 1. The van der Waals surface area contributed by atoms with Crippen LogP contribution in [-0.4, -0.2) is 5.11 Å². The average Bonchev–Trinajstić information content (AvgIpc) is 2.16. The molecule has 1 unspecified atom stereocenters. The molecule has 0 aliphatic rings. The zero-order valence-corrected chi connectivity index (χ0v) is 8.68. The summed E-state index contributed by atoms with van der Waals surface area (Å²) in [5.74, 6) is -1.02. The van der Waals surface area contributed by atoms with Crippen LogP contribution in [0.1, 0.15) is 37.0 Å². The lowest BCUT2D eigenvalue weighted by molar-refractivity contribution is -0.137. The van der Waals surface area contributed by atoms with E-state index in [2.05, 4.69) is 0 Å². The molecule has 0 aliphatic heterocycles. The Morgan fingerprint density at radius 2 is 1.94 bits per heavy atom. The standard InChI is InChI=1S/C11H12F4O/c1-2-3-10(16)8-5-4-7(6-9(8)12)11(13,14)15/h4-6,10,16H,2-3H2,1H3. The quantitative estimate of drug-likeness (QED) is 0.794. The third-order valence-electron chi connectivity index (χ3n) is 2.25. The smallest absolute Gasteiger partial charge is 0.388 e. The van der Waals surface area contributed by atoms with Crippen molar-refractivity contribution >= 4 is 0 Å². The van der Waals surface area contributed by atoms with Crippen LogP contribution in [0, 0.1) is 5.82 Å². The monoisotopic (exact) mass is 236 g/mol. The molecule has 1 atom stereocenters. The van der Waals surface area contributed by atoms with Gasteiger partial charge >= 0.3 is 6.18 Å². The Morgan fingerprint density at radius 1 is 1.31 bits per heavy atom. The van der Waals surface area contributed by atoms with Crippen molar-refractivity contribution < 1.29 is 22.7 Å². The van der Waals surface area contributed by atoms with Gasteiger partial charge in [-0.25, -0.2) is 4.39 Å². The predicted molar refractivity (Wildman–Crippen MR) is 51.3 cm³/mol. The fraction of sp³-hybridized carbons (Fsp3) is 0.455. The van der Waals surface area contributed by atoms with Crippen LogP contribution in [0.5, 0.6) is 0 Å². The van der Waals surface area contributed by atoms with Gasteiger partial charge in [0.2, 0.25) is 0 Å². The minimum atomic E-state index is -4.56. The second-order valence-corrected chi connectivity index (χ2v) is 3.54. The van der Waals surface area contributed by atoms with E-state index in [1.807, 2.05) is 0 Å². The van der Waals surface area contributed by atoms with Crippen LogP contribution in [0.3, 0.4) is 0 Å². The molecule has 16 heavy (non-hydrogen) atoms. The van der Waals surface area contributed by atoms with Crippen LogP contribution in [0.15, 0.2) is 18.2 Å². The fourth-order valence-corrected chi connectivity index (χ4v) is 1.40. The second kappa shape index (κ2) is 4.82. The van der Waals surface area contributed by atoms with Gasteiger partial charge in [0.1, 0.15) is 5.82 Å². The number of alkyl halides is 3. The van der Waals surface area contributed by atoms with Gasteiger partial charge in [0.15, 0.2) is 0 Å². The number of benzene rings is 1. The van der Waals surface area contributed by atoms with Crippen LogP contribution in [-0.2, 0) is 6.18 Å². The second-order valence-electron chi connectivity index (χ2n) is 3.54. The number of hydrogen-bond donors (Lipinski definition) is 1. The summed E-state index contributed by atoms with van der Waals surface area (Å²) in [6.45, 7) is 1.80. The highest BCUT2D eigenvalue weighted by Crippen LogP contribution is 2.31. The molecule has 0 fully saturated rings.